The molecule has 0 fully saturated rings. The van der Waals surface area contributed by atoms with E-state index in [1.807, 2.05) is 30.5 Å². The lowest BCUT2D eigenvalue weighted by Crippen LogP contribution is -2.18. The Labute approximate surface area is 188 Å². The van der Waals surface area contributed by atoms with Crippen molar-refractivity contribution in [2.24, 2.45) is 0 Å². The lowest BCUT2D eigenvalue weighted by Gasteiger charge is -2.22. The summed E-state index contributed by atoms with van der Waals surface area (Å²) in [6.07, 6.45) is 1.44. The highest BCUT2D eigenvalue weighted by Crippen LogP contribution is 2.42. The lowest BCUT2D eigenvalue weighted by atomic mass is 10.1. The molecule has 1 aliphatic rings. The second kappa shape index (κ2) is 7.95. The second-order valence-corrected chi connectivity index (χ2v) is 8.83. The topological polar surface area (TPSA) is 69.2 Å². The lowest BCUT2D eigenvalue weighted by molar-refractivity contribution is 0.219. The molecule has 6 nitrogen and oxygen atoms in total. The summed E-state index contributed by atoms with van der Waals surface area (Å²) in [6.45, 7) is 0. The van der Waals surface area contributed by atoms with Crippen LogP contribution in [0.3, 0.4) is 0 Å². The van der Waals surface area contributed by atoms with Crippen LogP contribution in [0.2, 0.25) is 0 Å². The minimum absolute atomic E-state index is 0.452. The highest BCUT2D eigenvalue weighted by Gasteiger charge is 2.28. The Morgan fingerprint density at radius 3 is 2.78 bits per heavy atom. The molecule has 0 spiro atoms. The van der Waals surface area contributed by atoms with Crippen molar-refractivity contribution in [2.75, 3.05) is 18.7 Å². The van der Waals surface area contributed by atoms with Crippen molar-refractivity contribution in [3.8, 4) is 22.9 Å². The van der Waals surface area contributed by atoms with E-state index in [4.69, 9.17) is 9.47 Å². The van der Waals surface area contributed by atoms with E-state index in [1.54, 1.807) is 7.11 Å². The minimum Gasteiger partial charge on any atom is -0.495 e. The number of anilines is 1. The summed E-state index contributed by atoms with van der Waals surface area (Å²) in [4.78, 5) is 4.55. The van der Waals surface area contributed by atoms with Gasteiger partial charge in [0.05, 0.1) is 16.2 Å². The number of nitrogens with one attached hydrogen (secondary N) is 1. The third kappa shape index (κ3) is 3.68. The molecule has 27 heavy (non-hydrogen) atoms. The number of aromatic nitrogens is 3. The van der Waals surface area contributed by atoms with Crippen LogP contribution < -0.4 is 14.8 Å². The van der Waals surface area contributed by atoms with Crippen LogP contribution in [-0.4, -0.2) is 28.5 Å². The summed E-state index contributed by atoms with van der Waals surface area (Å²) in [6, 6.07) is 12.0. The summed E-state index contributed by atoms with van der Waals surface area (Å²) in [5.74, 6) is 1.23. The van der Waals surface area contributed by atoms with Crippen molar-refractivity contribution in [2.45, 2.75) is 11.4 Å². The number of para-hydroxylation sites is 1. The van der Waals surface area contributed by atoms with Crippen molar-refractivity contribution in [1.29, 1.82) is 0 Å². The minimum atomic E-state index is -0.475. The van der Waals surface area contributed by atoms with E-state index in [-0.39, 0.29) is 0 Å². The van der Waals surface area contributed by atoms with Gasteiger partial charge in [0.2, 0.25) is 17.3 Å². The van der Waals surface area contributed by atoms with E-state index in [1.165, 1.54) is 11.8 Å². The van der Waals surface area contributed by atoms with Crippen molar-refractivity contribution in [3.05, 3.63) is 49.1 Å². The van der Waals surface area contributed by atoms with Crippen LogP contribution in [0.15, 0.2) is 41.6 Å². The van der Waals surface area contributed by atoms with Gasteiger partial charge in [0.1, 0.15) is 5.75 Å². The highest BCUT2D eigenvalue weighted by molar-refractivity contribution is 14.1. The zero-order chi connectivity index (χ0) is 19.0. The molecule has 0 radical (unpaired) electrons. The molecule has 1 aromatic heterocycles. The fraction of sp³-hybridized carbons (Fsp3) is 0.167. The third-order valence-electron chi connectivity index (χ3n) is 4.04. The fourth-order valence-corrected chi connectivity index (χ4v) is 5.27. The van der Waals surface area contributed by atoms with Gasteiger partial charge in [0.15, 0.2) is 5.69 Å². The molecule has 1 unspecified atom stereocenters. The number of rotatable bonds is 3. The number of halogens is 2. The molecule has 138 valence electrons. The van der Waals surface area contributed by atoms with Crippen LogP contribution >= 0.6 is 56.9 Å². The molecule has 2 aromatic carbocycles. The monoisotopic (exact) mass is 604 g/mol. The van der Waals surface area contributed by atoms with Gasteiger partial charge >= 0.3 is 0 Å². The fourth-order valence-electron chi connectivity index (χ4n) is 2.86. The van der Waals surface area contributed by atoms with Gasteiger partial charge in [-0.2, -0.15) is 4.98 Å². The number of nitrogens with zero attached hydrogens (tertiary/aromatic N) is 3. The predicted octanol–water partition coefficient (Wildman–Crippen LogP) is 4.98. The molecule has 3 aromatic rings. The number of ether oxygens (including phenoxy) is 2. The first-order valence-corrected chi connectivity index (χ1v) is 11.3. The van der Waals surface area contributed by atoms with E-state index in [0.29, 0.717) is 16.7 Å². The number of hydrogen-bond donors (Lipinski definition) is 1. The number of methoxy groups -OCH3 is 1. The quantitative estimate of drug-likeness (QED) is 0.334. The van der Waals surface area contributed by atoms with Crippen LogP contribution in [0.1, 0.15) is 11.8 Å². The third-order valence-corrected chi connectivity index (χ3v) is 6.00. The Hall–Kier alpha value is -1.34. The average Bonchev–Trinajstić information content (AvgIpc) is 2.83. The van der Waals surface area contributed by atoms with E-state index in [0.717, 1.165) is 29.7 Å². The van der Waals surface area contributed by atoms with Crippen LogP contribution in [0.25, 0.3) is 11.3 Å². The Balaban J connectivity index is 1.90. The molecule has 1 atom stereocenters. The van der Waals surface area contributed by atoms with Gasteiger partial charge < -0.3 is 14.8 Å². The molecular weight excluding hydrogens is 590 g/mol. The van der Waals surface area contributed by atoms with Crippen LogP contribution in [-0.2, 0) is 0 Å². The van der Waals surface area contributed by atoms with E-state index in [2.05, 4.69) is 77.8 Å². The van der Waals surface area contributed by atoms with Crippen LogP contribution in [0, 0.1) is 7.14 Å². The van der Waals surface area contributed by atoms with Gasteiger partial charge in [0, 0.05) is 14.8 Å². The Morgan fingerprint density at radius 2 is 2.00 bits per heavy atom. The first-order valence-electron chi connectivity index (χ1n) is 7.95. The summed E-state index contributed by atoms with van der Waals surface area (Å²) >= 11 is 6.00. The molecule has 0 saturated heterocycles. The number of hydrogen-bond acceptors (Lipinski definition) is 7. The number of thioether (sulfide) groups is 1. The Bertz CT molecular complexity index is 1020. The summed E-state index contributed by atoms with van der Waals surface area (Å²) < 4.78 is 14.1. The molecule has 0 bridgehead atoms. The zero-order valence-corrected chi connectivity index (χ0v) is 19.5. The largest absolute Gasteiger partial charge is 0.495 e. The normalized spacial score (nSPS) is 15.0. The standard InChI is InChI=1S/C18H14I2N4O2S/c1-25-15-11(7-9(19)8-12(15)20)16-21-13-6-4-3-5-10(13)14-17(26-16)22-18(27-2)24-23-14/h3-8,16,21H,1-2H3. The smallest absolute Gasteiger partial charge is 0.247 e. The summed E-state index contributed by atoms with van der Waals surface area (Å²) in [5.41, 5.74) is 3.34. The predicted molar refractivity (Wildman–Crippen MR) is 122 cm³/mol. The van der Waals surface area contributed by atoms with Gasteiger partial charge in [0.25, 0.3) is 0 Å². The van der Waals surface area contributed by atoms with Gasteiger partial charge in [-0.1, -0.05) is 30.0 Å². The van der Waals surface area contributed by atoms with Crippen molar-refractivity contribution >= 4 is 62.6 Å². The van der Waals surface area contributed by atoms with Gasteiger partial charge in [-0.25, -0.2) is 0 Å². The van der Waals surface area contributed by atoms with Crippen molar-refractivity contribution in [3.63, 3.8) is 0 Å². The maximum absolute atomic E-state index is 6.30. The molecular formula is C18H14I2N4O2S. The van der Waals surface area contributed by atoms with Gasteiger partial charge in [-0.15, -0.1) is 10.2 Å². The highest BCUT2D eigenvalue weighted by atomic mass is 127. The number of fused-ring (bicyclic) bond motifs is 3. The average molecular weight is 604 g/mol. The summed E-state index contributed by atoms with van der Waals surface area (Å²) in [7, 11) is 1.67. The molecule has 0 aliphatic carbocycles. The first kappa shape index (κ1) is 19.0. The summed E-state index contributed by atoms with van der Waals surface area (Å²) in [5, 5.41) is 12.6. The molecule has 0 amide bonds. The molecule has 9 heteroatoms. The van der Waals surface area contributed by atoms with Gasteiger partial charge in [-0.3, -0.25) is 0 Å². The SMILES string of the molecule is COc1c(I)cc(I)cc1C1Nc2ccccc2-c2nnc(SC)nc2O1. The molecule has 1 aliphatic heterocycles. The maximum atomic E-state index is 6.30. The van der Waals surface area contributed by atoms with E-state index >= 15 is 0 Å². The zero-order valence-electron chi connectivity index (χ0n) is 14.4. The van der Waals surface area contributed by atoms with E-state index in [9.17, 15) is 0 Å². The Morgan fingerprint density at radius 1 is 1.19 bits per heavy atom. The first-order chi connectivity index (χ1) is 13.1. The van der Waals surface area contributed by atoms with Crippen LogP contribution in [0.5, 0.6) is 11.6 Å². The van der Waals surface area contributed by atoms with Crippen LogP contribution in [0.4, 0.5) is 5.69 Å². The van der Waals surface area contributed by atoms with Gasteiger partial charge in [-0.05, 0) is 69.6 Å². The molecule has 4 rings (SSSR count). The Kier molecular flexibility index (Phi) is 5.60. The maximum Gasteiger partial charge on any atom is 0.247 e. The van der Waals surface area contributed by atoms with E-state index < -0.39 is 6.23 Å². The van der Waals surface area contributed by atoms with Crippen molar-refractivity contribution < 1.29 is 9.47 Å². The second-order valence-electron chi connectivity index (χ2n) is 5.65. The number of benzene rings is 2. The molecule has 2 heterocycles. The molecule has 1 N–H and O–H groups in total. The van der Waals surface area contributed by atoms with Crippen molar-refractivity contribution in [1.82, 2.24) is 15.2 Å². The molecule has 0 saturated carbocycles.